The molecule has 0 aromatic heterocycles. The Morgan fingerprint density at radius 1 is 1.33 bits per heavy atom. The van der Waals surface area contributed by atoms with Crippen LogP contribution in [0.1, 0.15) is 20.3 Å². The summed E-state index contributed by atoms with van der Waals surface area (Å²) in [5, 5.41) is 2.81. The fourth-order valence-corrected chi connectivity index (χ4v) is 1.57. The summed E-state index contributed by atoms with van der Waals surface area (Å²) in [4.78, 5) is 21.9. The molecule has 1 amide bonds. The Labute approximate surface area is 95.1 Å². The molecule has 0 spiro atoms. The number of methoxy groups -OCH3 is 1. The molecule has 0 saturated heterocycles. The fourth-order valence-electron chi connectivity index (χ4n) is 0.810. The Morgan fingerprint density at radius 2 is 2.00 bits per heavy atom. The van der Waals surface area contributed by atoms with Gasteiger partial charge in [0, 0.05) is 24.0 Å². The van der Waals surface area contributed by atoms with Gasteiger partial charge in [-0.05, 0) is 0 Å². The maximum absolute atomic E-state index is 11.1. The standard InChI is InChI=1S/C10H19NO3S/c1-8(2)10(13)11-5-7-15-6-4-9(12)14-3/h8H,4-7H2,1-3H3,(H,11,13). The van der Waals surface area contributed by atoms with Gasteiger partial charge in [0.15, 0.2) is 0 Å². The molecule has 1 N–H and O–H groups in total. The van der Waals surface area contributed by atoms with E-state index in [1.54, 1.807) is 11.8 Å². The van der Waals surface area contributed by atoms with Gasteiger partial charge in [-0.3, -0.25) is 9.59 Å². The SMILES string of the molecule is COC(=O)CCSCCNC(=O)C(C)C. The van der Waals surface area contributed by atoms with Gasteiger partial charge in [-0.25, -0.2) is 0 Å². The predicted octanol–water partition coefficient (Wildman–Crippen LogP) is 1.05. The first kappa shape index (κ1) is 14.3. The van der Waals surface area contributed by atoms with Crippen LogP contribution in [0.15, 0.2) is 0 Å². The first-order chi connectivity index (χ1) is 7.07. The van der Waals surface area contributed by atoms with Crippen LogP contribution >= 0.6 is 11.8 Å². The van der Waals surface area contributed by atoms with Gasteiger partial charge in [0.1, 0.15) is 0 Å². The van der Waals surface area contributed by atoms with Gasteiger partial charge in [0.05, 0.1) is 13.5 Å². The molecule has 0 aliphatic rings. The smallest absolute Gasteiger partial charge is 0.306 e. The third-order valence-electron chi connectivity index (χ3n) is 1.75. The van der Waals surface area contributed by atoms with Gasteiger partial charge in [0.25, 0.3) is 0 Å². The molecular formula is C10H19NO3S. The minimum atomic E-state index is -0.186. The summed E-state index contributed by atoms with van der Waals surface area (Å²) in [5.74, 6) is 1.49. The van der Waals surface area contributed by atoms with E-state index in [4.69, 9.17) is 0 Å². The molecule has 0 heterocycles. The molecule has 0 aliphatic heterocycles. The van der Waals surface area contributed by atoms with Gasteiger partial charge in [-0.1, -0.05) is 13.8 Å². The van der Waals surface area contributed by atoms with Crippen LogP contribution in [-0.2, 0) is 14.3 Å². The first-order valence-corrected chi connectivity index (χ1v) is 6.15. The molecule has 0 rings (SSSR count). The summed E-state index contributed by atoms with van der Waals surface area (Å²) in [5.41, 5.74) is 0. The van der Waals surface area contributed by atoms with Crippen molar-refractivity contribution in [2.75, 3.05) is 25.2 Å². The highest BCUT2D eigenvalue weighted by molar-refractivity contribution is 7.99. The number of esters is 1. The quantitative estimate of drug-likeness (QED) is 0.527. The van der Waals surface area contributed by atoms with Crippen LogP contribution in [-0.4, -0.2) is 37.0 Å². The van der Waals surface area contributed by atoms with Crippen molar-refractivity contribution < 1.29 is 14.3 Å². The number of nitrogens with one attached hydrogen (secondary N) is 1. The molecule has 0 fully saturated rings. The van der Waals surface area contributed by atoms with Crippen LogP contribution in [0.2, 0.25) is 0 Å². The number of hydrogen-bond acceptors (Lipinski definition) is 4. The second-order valence-electron chi connectivity index (χ2n) is 3.38. The van der Waals surface area contributed by atoms with Crippen molar-refractivity contribution in [3.63, 3.8) is 0 Å². The highest BCUT2D eigenvalue weighted by Gasteiger charge is 2.05. The van der Waals surface area contributed by atoms with Crippen LogP contribution in [0.5, 0.6) is 0 Å². The largest absolute Gasteiger partial charge is 0.469 e. The van der Waals surface area contributed by atoms with E-state index >= 15 is 0 Å². The van der Waals surface area contributed by atoms with Gasteiger partial charge in [-0.15, -0.1) is 0 Å². The molecule has 15 heavy (non-hydrogen) atoms. The molecule has 0 aliphatic carbocycles. The number of carbonyl (C=O) groups is 2. The zero-order chi connectivity index (χ0) is 11.7. The maximum atomic E-state index is 11.1. The third-order valence-corrected chi connectivity index (χ3v) is 2.73. The lowest BCUT2D eigenvalue weighted by Gasteiger charge is -2.06. The molecule has 0 aromatic carbocycles. The molecule has 4 nitrogen and oxygen atoms in total. The molecule has 0 unspecified atom stereocenters. The molecule has 0 atom stereocenters. The fraction of sp³-hybridized carbons (Fsp3) is 0.800. The second-order valence-corrected chi connectivity index (χ2v) is 4.61. The van der Waals surface area contributed by atoms with Crippen molar-refractivity contribution in [3.8, 4) is 0 Å². The van der Waals surface area contributed by atoms with E-state index < -0.39 is 0 Å². The van der Waals surface area contributed by atoms with Gasteiger partial charge >= 0.3 is 5.97 Å². The average molecular weight is 233 g/mol. The van der Waals surface area contributed by atoms with E-state index in [0.29, 0.717) is 13.0 Å². The normalized spacial score (nSPS) is 10.1. The van der Waals surface area contributed by atoms with E-state index in [1.165, 1.54) is 7.11 Å². The molecular weight excluding hydrogens is 214 g/mol. The Hall–Kier alpha value is -0.710. The van der Waals surface area contributed by atoms with E-state index in [1.807, 2.05) is 13.8 Å². The van der Waals surface area contributed by atoms with E-state index in [2.05, 4.69) is 10.1 Å². The molecule has 0 bridgehead atoms. The molecule has 5 heteroatoms. The Bertz CT molecular complexity index is 207. The van der Waals surface area contributed by atoms with Crippen molar-refractivity contribution in [1.82, 2.24) is 5.32 Å². The minimum Gasteiger partial charge on any atom is -0.469 e. The van der Waals surface area contributed by atoms with Crippen LogP contribution in [0.4, 0.5) is 0 Å². The van der Waals surface area contributed by atoms with E-state index in [0.717, 1.165) is 11.5 Å². The van der Waals surface area contributed by atoms with E-state index in [9.17, 15) is 9.59 Å². The number of carbonyl (C=O) groups excluding carboxylic acids is 2. The van der Waals surface area contributed by atoms with Crippen molar-refractivity contribution in [2.45, 2.75) is 20.3 Å². The molecule has 0 radical (unpaired) electrons. The van der Waals surface area contributed by atoms with Gasteiger partial charge < -0.3 is 10.1 Å². The lowest BCUT2D eigenvalue weighted by molar-refractivity contribution is -0.140. The zero-order valence-electron chi connectivity index (χ0n) is 9.54. The minimum absolute atomic E-state index is 0.0325. The highest BCUT2D eigenvalue weighted by Crippen LogP contribution is 2.02. The van der Waals surface area contributed by atoms with Gasteiger partial charge in [0.2, 0.25) is 5.91 Å². The summed E-state index contributed by atoms with van der Waals surface area (Å²) in [6.45, 7) is 4.38. The second kappa shape index (κ2) is 8.59. The summed E-state index contributed by atoms with van der Waals surface area (Å²) in [7, 11) is 1.38. The third kappa shape index (κ3) is 8.30. The number of hydrogen-bond donors (Lipinski definition) is 1. The number of rotatable bonds is 7. The summed E-state index contributed by atoms with van der Waals surface area (Å²) in [6, 6.07) is 0. The highest BCUT2D eigenvalue weighted by atomic mass is 32.2. The summed E-state index contributed by atoms with van der Waals surface area (Å²) >= 11 is 1.64. The average Bonchev–Trinajstić information content (AvgIpc) is 2.22. The summed E-state index contributed by atoms with van der Waals surface area (Å²) < 4.78 is 4.50. The Kier molecular flexibility index (Phi) is 8.18. The van der Waals surface area contributed by atoms with Crippen molar-refractivity contribution in [1.29, 1.82) is 0 Å². The van der Waals surface area contributed by atoms with Gasteiger partial charge in [-0.2, -0.15) is 11.8 Å². The van der Waals surface area contributed by atoms with Crippen LogP contribution in [0, 0.1) is 5.92 Å². The van der Waals surface area contributed by atoms with Crippen LogP contribution in [0.25, 0.3) is 0 Å². The maximum Gasteiger partial charge on any atom is 0.306 e. The number of ether oxygens (including phenoxy) is 1. The zero-order valence-corrected chi connectivity index (χ0v) is 10.4. The number of thioether (sulfide) groups is 1. The van der Waals surface area contributed by atoms with Crippen molar-refractivity contribution >= 4 is 23.6 Å². The molecule has 0 saturated carbocycles. The Balaban J connectivity index is 3.25. The monoisotopic (exact) mass is 233 g/mol. The predicted molar refractivity (Wildman–Crippen MR) is 61.8 cm³/mol. The lowest BCUT2D eigenvalue weighted by atomic mass is 10.2. The Morgan fingerprint density at radius 3 is 2.53 bits per heavy atom. The topological polar surface area (TPSA) is 55.4 Å². The van der Waals surface area contributed by atoms with Crippen LogP contribution < -0.4 is 5.32 Å². The van der Waals surface area contributed by atoms with Crippen molar-refractivity contribution in [3.05, 3.63) is 0 Å². The van der Waals surface area contributed by atoms with E-state index in [-0.39, 0.29) is 17.8 Å². The molecule has 88 valence electrons. The first-order valence-electron chi connectivity index (χ1n) is 5.00. The number of amides is 1. The molecule has 0 aromatic rings. The van der Waals surface area contributed by atoms with Crippen LogP contribution in [0.3, 0.4) is 0 Å². The summed E-state index contributed by atoms with van der Waals surface area (Å²) in [6.07, 6.45) is 0.430. The van der Waals surface area contributed by atoms with Crippen molar-refractivity contribution in [2.24, 2.45) is 5.92 Å². The lowest BCUT2D eigenvalue weighted by Crippen LogP contribution is -2.29.